The van der Waals surface area contributed by atoms with Gasteiger partial charge in [0.2, 0.25) is 0 Å². The summed E-state index contributed by atoms with van der Waals surface area (Å²) in [6.07, 6.45) is 0. The van der Waals surface area contributed by atoms with Crippen molar-refractivity contribution in [2.24, 2.45) is 5.41 Å². The van der Waals surface area contributed by atoms with Crippen LogP contribution in [0.1, 0.15) is 12.5 Å². The van der Waals surface area contributed by atoms with Crippen LogP contribution >= 0.6 is 43.5 Å². The van der Waals surface area contributed by atoms with E-state index in [9.17, 15) is 0 Å². The summed E-state index contributed by atoms with van der Waals surface area (Å²) in [6, 6.07) is 7.59. The molecule has 0 N–H and O–H groups in total. The standard InChI is InChI=1S/C13H15Br2ClO2/c1-12(10-2-4-11(16)5-3-10)17-8-13(6-14,7-15)9-18-12/h2-5H,6-9H2,1H3. The van der Waals surface area contributed by atoms with Crippen molar-refractivity contribution in [1.29, 1.82) is 0 Å². The van der Waals surface area contributed by atoms with E-state index in [1.807, 2.05) is 31.2 Å². The van der Waals surface area contributed by atoms with Crippen molar-refractivity contribution in [3.63, 3.8) is 0 Å². The van der Waals surface area contributed by atoms with Gasteiger partial charge in [0.05, 0.1) is 13.2 Å². The molecule has 5 heteroatoms. The van der Waals surface area contributed by atoms with E-state index in [2.05, 4.69) is 31.9 Å². The Hall–Kier alpha value is 0.390. The van der Waals surface area contributed by atoms with Crippen LogP contribution in [0.4, 0.5) is 0 Å². The first kappa shape index (κ1) is 14.8. The van der Waals surface area contributed by atoms with E-state index in [-0.39, 0.29) is 5.41 Å². The maximum Gasteiger partial charge on any atom is 0.191 e. The summed E-state index contributed by atoms with van der Waals surface area (Å²) in [6.45, 7) is 3.26. The Labute approximate surface area is 129 Å². The number of halogens is 3. The van der Waals surface area contributed by atoms with Crippen LogP contribution < -0.4 is 0 Å². The van der Waals surface area contributed by atoms with E-state index in [0.29, 0.717) is 18.2 Å². The average Bonchev–Trinajstić information content (AvgIpc) is 2.41. The van der Waals surface area contributed by atoms with Crippen molar-refractivity contribution in [2.45, 2.75) is 12.7 Å². The van der Waals surface area contributed by atoms with Crippen LogP contribution in [0.3, 0.4) is 0 Å². The molecule has 0 aliphatic carbocycles. The van der Waals surface area contributed by atoms with Crippen molar-refractivity contribution in [2.75, 3.05) is 23.9 Å². The Balaban J connectivity index is 2.14. The van der Waals surface area contributed by atoms with Crippen LogP contribution in [0, 0.1) is 5.41 Å². The quantitative estimate of drug-likeness (QED) is 0.706. The van der Waals surface area contributed by atoms with Gasteiger partial charge in [0.25, 0.3) is 0 Å². The van der Waals surface area contributed by atoms with Crippen LogP contribution in [-0.4, -0.2) is 23.9 Å². The molecule has 18 heavy (non-hydrogen) atoms. The lowest BCUT2D eigenvalue weighted by molar-refractivity contribution is -0.295. The molecule has 0 amide bonds. The van der Waals surface area contributed by atoms with Gasteiger partial charge in [-0.1, -0.05) is 55.6 Å². The number of benzene rings is 1. The third-order valence-electron chi connectivity index (χ3n) is 3.24. The molecule has 1 aromatic rings. The molecule has 0 aromatic heterocycles. The SMILES string of the molecule is CC1(c2ccc(Cl)cc2)OCC(CBr)(CBr)CO1. The Morgan fingerprint density at radius 1 is 1.11 bits per heavy atom. The van der Waals surface area contributed by atoms with Gasteiger partial charge in [-0.25, -0.2) is 0 Å². The predicted octanol–water partition coefficient (Wildman–Crippen LogP) is 4.34. The monoisotopic (exact) mass is 396 g/mol. The summed E-state index contributed by atoms with van der Waals surface area (Å²) < 4.78 is 11.9. The summed E-state index contributed by atoms with van der Waals surface area (Å²) in [4.78, 5) is 0. The number of rotatable bonds is 3. The first-order valence-corrected chi connectivity index (χ1v) is 8.32. The highest BCUT2D eigenvalue weighted by molar-refractivity contribution is 9.09. The molecule has 0 unspecified atom stereocenters. The lowest BCUT2D eigenvalue weighted by Crippen LogP contribution is -2.48. The molecule has 0 bridgehead atoms. The third-order valence-corrected chi connectivity index (χ3v) is 5.87. The summed E-state index contributed by atoms with van der Waals surface area (Å²) in [5.74, 6) is -0.682. The molecular weight excluding hydrogens is 383 g/mol. The minimum atomic E-state index is -0.682. The van der Waals surface area contributed by atoms with Gasteiger partial charge in [0.15, 0.2) is 5.79 Å². The Bertz CT molecular complexity index is 394. The number of hydrogen-bond donors (Lipinski definition) is 0. The molecule has 2 rings (SSSR count). The van der Waals surface area contributed by atoms with E-state index in [0.717, 1.165) is 16.2 Å². The molecule has 0 radical (unpaired) electrons. The van der Waals surface area contributed by atoms with E-state index >= 15 is 0 Å². The zero-order valence-electron chi connectivity index (χ0n) is 10.1. The molecule has 0 spiro atoms. The van der Waals surface area contributed by atoms with Crippen molar-refractivity contribution in [3.05, 3.63) is 34.9 Å². The third kappa shape index (κ3) is 2.93. The van der Waals surface area contributed by atoms with Gasteiger partial charge in [-0.2, -0.15) is 0 Å². The minimum Gasteiger partial charge on any atom is -0.345 e. The van der Waals surface area contributed by atoms with Crippen molar-refractivity contribution in [1.82, 2.24) is 0 Å². The molecule has 2 nitrogen and oxygen atoms in total. The van der Waals surface area contributed by atoms with Crippen LogP contribution in [0.5, 0.6) is 0 Å². The molecule has 0 atom stereocenters. The van der Waals surface area contributed by atoms with Gasteiger partial charge in [0.1, 0.15) is 0 Å². The molecule has 1 aliphatic heterocycles. The second-order valence-electron chi connectivity index (χ2n) is 4.80. The first-order chi connectivity index (χ1) is 8.53. The van der Waals surface area contributed by atoms with Crippen molar-refractivity contribution < 1.29 is 9.47 Å². The van der Waals surface area contributed by atoms with Gasteiger partial charge >= 0.3 is 0 Å². The number of alkyl halides is 2. The molecule has 1 fully saturated rings. The Kier molecular flexibility index (Phi) is 4.76. The lowest BCUT2D eigenvalue weighted by atomic mass is 9.93. The van der Waals surface area contributed by atoms with Crippen molar-refractivity contribution >= 4 is 43.5 Å². The summed E-state index contributed by atoms with van der Waals surface area (Å²) in [5.41, 5.74) is 0.996. The normalized spacial score (nSPS) is 21.8. The van der Waals surface area contributed by atoms with Gasteiger partial charge in [-0.05, 0) is 19.1 Å². The van der Waals surface area contributed by atoms with Gasteiger partial charge in [-0.3, -0.25) is 0 Å². The second kappa shape index (κ2) is 5.80. The molecule has 1 aliphatic rings. The number of hydrogen-bond acceptors (Lipinski definition) is 2. The highest BCUT2D eigenvalue weighted by Gasteiger charge is 2.42. The smallest absolute Gasteiger partial charge is 0.191 e. The van der Waals surface area contributed by atoms with Gasteiger partial charge < -0.3 is 9.47 Å². The summed E-state index contributed by atoms with van der Waals surface area (Å²) in [7, 11) is 0. The summed E-state index contributed by atoms with van der Waals surface area (Å²) in [5, 5.41) is 2.41. The molecule has 100 valence electrons. The Morgan fingerprint density at radius 3 is 2.06 bits per heavy atom. The van der Waals surface area contributed by atoms with Crippen LogP contribution in [-0.2, 0) is 15.3 Å². The fourth-order valence-corrected chi connectivity index (χ4v) is 3.48. The molecule has 1 saturated heterocycles. The number of ether oxygens (including phenoxy) is 2. The molecule has 1 aromatic carbocycles. The van der Waals surface area contributed by atoms with E-state index in [1.54, 1.807) is 0 Å². The highest BCUT2D eigenvalue weighted by Crippen LogP contribution is 2.38. The first-order valence-electron chi connectivity index (χ1n) is 5.69. The fourth-order valence-electron chi connectivity index (χ4n) is 1.77. The zero-order valence-corrected chi connectivity index (χ0v) is 14.0. The highest BCUT2D eigenvalue weighted by atomic mass is 79.9. The zero-order chi connectivity index (χ0) is 13.2. The van der Waals surface area contributed by atoms with E-state index < -0.39 is 5.79 Å². The van der Waals surface area contributed by atoms with Crippen molar-refractivity contribution in [3.8, 4) is 0 Å². The minimum absolute atomic E-state index is 0.00589. The molecular formula is C13H15Br2ClO2. The van der Waals surface area contributed by atoms with E-state index in [4.69, 9.17) is 21.1 Å². The van der Waals surface area contributed by atoms with Gasteiger partial charge in [-0.15, -0.1) is 0 Å². The fraction of sp³-hybridized carbons (Fsp3) is 0.538. The Morgan fingerprint density at radius 2 is 1.61 bits per heavy atom. The van der Waals surface area contributed by atoms with Gasteiger partial charge in [0, 0.05) is 26.7 Å². The second-order valence-corrected chi connectivity index (χ2v) is 6.36. The molecule has 1 heterocycles. The maximum atomic E-state index is 5.96. The van der Waals surface area contributed by atoms with Crippen LogP contribution in [0.2, 0.25) is 5.02 Å². The van der Waals surface area contributed by atoms with Crippen LogP contribution in [0.25, 0.3) is 0 Å². The lowest BCUT2D eigenvalue weighted by Gasteiger charge is -2.43. The summed E-state index contributed by atoms with van der Waals surface area (Å²) >= 11 is 12.9. The molecule has 0 saturated carbocycles. The van der Waals surface area contributed by atoms with E-state index in [1.165, 1.54) is 0 Å². The largest absolute Gasteiger partial charge is 0.345 e. The average molecular weight is 399 g/mol. The van der Waals surface area contributed by atoms with Crippen LogP contribution in [0.15, 0.2) is 24.3 Å². The predicted molar refractivity (Wildman–Crippen MR) is 80.7 cm³/mol. The topological polar surface area (TPSA) is 18.5 Å². The maximum absolute atomic E-state index is 5.96.